The summed E-state index contributed by atoms with van der Waals surface area (Å²) in [5.74, 6) is 0.361. The standard InChI is InChI=1S/C13H22N4O3/c1-8(2)17-11(14)10(13(18)19-3)12(16-17)15-9-4-6-20-7-5-9/h8-9H,4-7,14H2,1-3H3,(H,15,16). The number of aromatic nitrogens is 2. The molecule has 112 valence electrons. The van der Waals surface area contributed by atoms with Crippen molar-refractivity contribution in [3.8, 4) is 0 Å². The molecule has 0 bridgehead atoms. The van der Waals surface area contributed by atoms with Crippen molar-refractivity contribution in [2.75, 3.05) is 31.4 Å². The molecule has 2 heterocycles. The van der Waals surface area contributed by atoms with E-state index in [0.29, 0.717) is 30.4 Å². The molecule has 0 unspecified atom stereocenters. The fourth-order valence-corrected chi connectivity index (χ4v) is 2.28. The van der Waals surface area contributed by atoms with Gasteiger partial charge in [-0.3, -0.25) is 0 Å². The van der Waals surface area contributed by atoms with Crippen molar-refractivity contribution in [1.82, 2.24) is 9.78 Å². The number of nitrogens with two attached hydrogens (primary N) is 1. The molecule has 1 aromatic rings. The summed E-state index contributed by atoms with van der Waals surface area (Å²) in [6, 6.07) is 0.311. The van der Waals surface area contributed by atoms with E-state index in [1.807, 2.05) is 13.8 Å². The van der Waals surface area contributed by atoms with Gasteiger partial charge in [-0.15, -0.1) is 0 Å². The molecular weight excluding hydrogens is 260 g/mol. The van der Waals surface area contributed by atoms with Crippen LogP contribution in [0, 0.1) is 0 Å². The van der Waals surface area contributed by atoms with Gasteiger partial charge in [-0.1, -0.05) is 0 Å². The van der Waals surface area contributed by atoms with E-state index in [-0.39, 0.29) is 12.1 Å². The van der Waals surface area contributed by atoms with E-state index in [4.69, 9.17) is 15.2 Å². The fourth-order valence-electron chi connectivity index (χ4n) is 2.28. The first-order chi connectivity index (χ1) is 9.54. The van der Waals surface area contributed by atoms with Crippen molar-refractivity contribution in [2.24, 2.45) is 0 Å². The predicted octanol–water partition coefficient (Wildman–Crippen LogP) is 1.42. The zero-order valence-electron chi connectivity index (χ0n) is 12.2. The van der Waals surface area contributed by atoms with Crippen LogP contribution in [-0.4, -0.2) is 42.1 Å². The Bertz CT molecular complexity index is 478. The van der Waals surface area contributed by atoms with Crippen LogP contribution in [0.2, 0.25) is 0 Å². The highest BCUT2D eigenvalue weighted by atomic mass is 16.5. The number of esters is 1. The van der Waals surface area contributed by atoms with Gasteiger partial charge in [0.15, 0.2) is 5.82 Å². The highest BCUT2D eigenvalue weighted by Gasteiger charge is 2.26. The molecule has 20 heavy (non-hydrogen) atoms. The third-order valence-electron chi connectivity index (χ3n) is 3.39. The number of anilines is 2. The predicted molar refractivity (Wildman–Crippen MR) is 75.8 cm³/mol. The molecule has 0 atom stereocenters. The molecule has 0 spiro atoms. The van der Waals surface area contributed by atoms with Gasteiger partial charge < -0.3 is 20.5 Å². The first-order valence-corrected chi connectivity index (χ1v) is 6.85. The zero-order chi connectivity index (χ0) is 14.7. The maximum atomic E-state index is 11.9. The molecule has 0 radical (unpaired) electrons. The van der Waals surface area contributed by atoms with Gasteiger partial charge >= 0.3 is 5.97 Å². The molecule has 1 aromatic heterocycles. The Hall–Kier alpha value is -1.76. The summed E-state index contributed by atoms with van der Waals surface area (Å²) in [4.78, 5) is 11.9. The topological polar surface area (TPSA) is 91.4 Å². The van der Waals surface area contributed by atoms with Gasteiger partial charge in [-0.05, 0) is 26.7 Å². The third kappa shape index (κ3) is 2.87. The minimum absolute atomic E-state index is 0.0728. The normalized spacial score (nSPS) is 16.4. The van der Waals surface area contributed by atoms with E-state index in [2.05, 4.69) is 10.4 Å². The number of nitrogen functional groups attached to an aromatic ring is 1. The minimum atomic E-state index is -0.469. The quantitative estimate of drug-likeness (QED) is 0.812. The number of nitrogens with zero attached hydrogens (tertiary/aromatic N) is 2. The molecule has 1 aliphatic rings. The van der Waals surface area contributed by atoms with Gasteiger partial charge in [-0.25, -0.2) is 9.48 Å². The van der Waals surface area contributed by atoms with E-state index < -0.39 is 5.97 Å². The van der Waals surface area contributed by atoms with Gasteiger partial charge in [0.2, 0.25) is 0 Å². The summed E-state index contributed by atoms with van der Waals surface area (Å²) in [5, 5.41) is 7.70. The molecular formula is C13H22N4O3. The van der Waals surface area contributed by atoms with Crippen LogP contribution in [-0.2, 0) is 9.47 Å². The summed E-state index contributed by atoms with van der Waals surface area (Å²) in [7, 11) is 1.34. The van der Waals surface area contributed by atoms with Gasteiger partial charge in [0.1, 0.15) is 11.4 Å². The smallest absolute Gasteiger partial charge is 0.345 e. The third-order valence-corrected chi connectivity index (χ3v) is 3.39. The Morgan fingerprint density at radius 2 is 2.15 bits per heavy atom. The second kappa shape index (κ2) is 6.13. The number of carbonyl (C=O) groups is 1. The molecule has 7 heteroatoms. The Morgan fingerprint density at radius 3 is 2.70 bits per heavy atom. The lowest BCUT2D eigenvalue weighted by Crippen LogP contribution is -2.28. The van der Waals surface area contributed by atoms with Crippen molar-refractivity contribution in [3.63, 3.8) is 0 Å². The number of nitrogens with one attached hydrogen (secondary N) is 1. The maximum absolute atomic E-state index is 11.9. The van der Waals surface area contributed by atoms with E-state index in [9.17, 15) is 4.79 Å². The van der Waals surface area contributed by atoms with Crippen LogP contribution in [0.25, 0.3) is 0 Å². The van der Waals surface area contributed by atoms with Gasteiger partial charge in [-0.2, -0.15) is 5.10 Å². The van der Waals surface area contributed by atoms with Crippen LogP contribution in [0.5, 0.6) is 0 Å². The number of ether oxygens (including phenoxy) is 2. The number of hydrogen-bond acceptors (Lipinski definition) is 6. The second-order valence-corrected chi connectivity index (χ2v) is 5.17. The molecule has 0 amide bonds. The van der Waals surface area contributed by atoms with Crippen molar-refractivity contribution < 1.29 is 14.3 Å². The largest absolute Gasteiger partial charge is 0.465 e. The Labute approximate surface area is 118 Å². The number of carbonyl (C=O) groups excluding carboxylic acids is 1. The lowest BCUT2D eigenvalue weighted by Gasteiger charge is -2.23. The molecule has 2 rings (SSSR count). The highest BCUT2D eigenvalue weighted by molar-refractivity contribution is 5.99. The fraction of sp³-hybridized carbons (Fsp3) is 0.692. The molecule has 1 aliphatic heterocycles. The van der Waals surface area contributed by atoms with Gasteiger partial charge in [0.05, 0.1) is 7.11 Å². The molecule has 1 saturated heterocycles. The lowest BCUT2D eigenvalue weighted by atomic mass is 10.1. The number of hydrogen-bond donors (Lipinski definition) is 2. The molecule has 0 saturated carbocycles. The summed E-state index contributed by atoms with van der Waals surface area (Å²) in [6.07, 6.45) is 1.77. The van der Waals surface area contributed by atoms with Crippen LogP contribution < -0.4 is 11.1 Å². The molecule has 0 aliphatic carbocycles. The van der Waals surface area contributed by atoms with Crippen molar-refractivity contribution in [2.45, 2.75) is 38.8 Å². The first kappa shape index (κ1) is 14.6. The second-order valence-electron chi connectivity index (χ2n) is 5.17. The van der Waals surface area contributed by atoms with E-state index in [1.165, 1.54) is 7.11 Å². The van der Waals surface area contributed by atoms with E-state index in [0.717, 1.165) is 12.8 Å². The van der Waals surface area contributed by atoms with Crippen molar-refractivity contribution in [1.29, 1.82) is 0 Å². The van der Waals surface area contributed by atoms with Crippen LogP contribution in [0.4, 0.5) is 11.6 Å². The maximum Gasteiger partial charge on any atom is 0.345 e. The summed E-state index contributed by atoms with van der Waals surface area (Å²) < 4.78 is 11.8. The van der Waals surface area contributed by atoms with E-state index >= 15 is 0 Å². The van der Waals surface area contributed by atoms with Crippen molar-refractivity contribution in [3.05, 3.63) is 5.56 Å². The highest BCUT2D eigenvalue weighted by Crippen LogP contribution is 2.27. The summed E-state index contributed by atoms with van der Waals surface area (Å²) >= 11 is 0. The summed E-state index contributed by atoms with van der Waals surface area (Å²) in [5.41, 5.74) is 6.33. The van der Waals surface area contributed by atoms with Crippen LogP contribution in [0.15, 0.2) is 0 Å². The van der Waals surface area contributed by atoms with Gasteiger partial charge in [0, 0.05) is 25.3 Å². The Balaban J connectivity index is 2.29. The lowest BCUT2D eigenvalue weighted by molar-refractivity contribution is 0.0602. The Morgan fingerprint density at radius 1 is 1.50 bits per heavy atom. The van der Waals surface area contributed by atoms with Crippen LogP contribution in [0.1, 0.15) is 43.1 Å². The molecule has 1 fully saturated rings. The number of rotatable bonds is 4. The number of methoxy groups -OCH3 is 1. The minimum Gasteiger partial charge on any atom is -0.465 e. The molecule has 7 nitrogen and oxygen atoms in total. The van der Waals surface area contributed by atoms with Crippen LogP contribution >= 0.6 is 0 Å². The average Bonchev–Trinajstić information content (AvgIpc) is 2.76. The average molecular weight is 282 g/mol. The summed E-state index contributed by atoms with van der Waals surface area (Å²) in [6.45, 7) is 5.35. The van der Waals surface area contributed by atoms with Crippen molar-refractivity contribution >= 4 is 17.6 Å². The first-order valence-electron chi connectivity index (χ1n) is 6.85. The van der Waals surface area contributed by atoms with E-state index in [1.54, 1.807) is 4.68 Å². The van der Waals surface area contributed by atoms with Gasteiger partial charge in [0.25, 0.3) is 0 Å². The van der Waals surface area contributed by atoms with Crippen LogP contribution in [0.3, 0.4) is 0 Å². The monoisotopic (exact) mass is 282 g/mol. The molecule has 0 aromatic carbocycles. The Kier molecular flexibility index (Phi) is 4.49. The SMILES string of the molecule is COC(=O)c1c(NC2CCOCC2)nn(C(C)C)c1N. The molecule has 3 N–H and O–H groups in total. The zero-order valence-corrected chi connectivity index (χ0v) is 12.2.